The normalized spacial score (nSPS) is 16.7. The number of esters is 2. The zero-order chi connectivity index (χ0) is 19.6. The Balaban J connectivity index is 2.94. The Bertz CT molecular complexity index is 821. The van der Waals surface area contributed by atoms with Crippen LogP contribution in [0, 0.1) is 10.1 Å². The van der Waals surface area contributed by atoms with Gasteiger partial charge in [-0.25, -0.2) is 9.59 Å². The Kier molecular flexibility index (Phi) is 4.78. The second-order valence-corrected chi connectivity index (χ2v) is 5.26. The highest BCUT2D eigenvalue weighted by atomic mass is 16.6. The van der Waals surface area contributed by atoms with Gasteiger partial charge in [0.2, 0.25) is 0 Å². The van der Waals surface area contributed by atoms with Gasteiger partial charge in [0.1, 0.15) is 0 Å². The maximum Gasteiger partial charge on any atom is 0.336 e. The van der Waals surface area contributed by atoms with Gasteiger partial charge >= 0.3 is 11.9 Å². The minimum atomic E-state index is -2.18. The molecule has 25 heavy (non-hydrogen) atoms. The molecule has 0 aromatic heterocycles. The summed E-state index contributed by atoms with van der Waals surface area (Å²) in [5, 5.41) is 14.4. The number of allylic oxidation sites excluding steroid dienone is 2. The first-order valence-corrected chi connectivity index (χ1v) is 7.30. The van der Waals surface area contributed by atoms with Gasteiger partial charge in [0, 0.05) is 24.4 Å². The van der Waals surface area contributed by atoms with Crippen LogP contribution in [0.15, 0.2) is 46.8 Å². The van der Waals surface area contributed by atoms with E-state index in [9.17, 15) is 19.7 Å². The summed E-state index contributed by atoms with van der Waals surface area (Å²) in [5.41, 5.74) is -0.454. The summed E-state index contributed by atoms with van der Waals surface area (Å²) in [6, 6.07) is 5.48. The zero-order valence-corrected chi connectivity index (χ0v) is 14.2. The molecular formula is C17H18N2O6. The fourth-order valence-corrected chi connectivity index (χ4v) is 2.73. The Morgan fingerprint density at radius 3 is 2.04 bits per heavy atom. The molecule has 0 saturated carbocycles. The number of nitrogens with zero attached hydrogens (tertiary/aromatic N) is 1. The molecule has 132 valence electrons. The summed E-state index contributed by atoms with van der Waals surface area (Å²) in [7, 11) is 2.26. The number of para-hydroxylation sites is 1. The van der Waals surface area contributed by atoms with E-state index in [4.69, 9.17) is 10.8 Å². The van der Waals surface area contributed by atoms with E-state index in [2.05, 4.69) is 5.32 Å². The lowest BCUT2D eigenvalue weighted by Crippen LogP contribution is -2.32. The summed E-state index contributed by atoms with van der Waals surface area (Å²) in [4.78, 5) is 35.7. The minimum Gasteiger partial charge on any atom is -0.466 e. The number of ether oxygens (including phenoxy) is 2. The summed E-state index contributed by atoms with van der Waals surface area (Å²) >= 11 is 0. The van der Waals surface area contributed by atoms with Crippen molar-refractivity contribution in [3.63, 3.8) is 0 Å². The first kappa shape index (κ1) is 16.7. The molecule has 0 amide bonds. The van der Waals surface area contributed by atoms with Crippen molar-refractivity contribution in [3.05, 3.63) is 62.5 Å². The number of hydrogen-bond donors (Lipinski definition) is 1. The Morgan fingerprint density at radius 1 is 1.12 bits per heavy atom. The molecule has 0 radical (unpaired) electrons. The topological polar surface area (TPSA) is 108 Å². The first-order valence-electron chi connectivity index (χ1n) is 7.80. The maximum atomic E-state index is 12.4. The van der Waals surface area contributed by atoms with Crippen LogP contribution in [-0.2, 0) is 19.1 Å². The van der Waals surface area contributed by atoms with Crippen molar-refractivity contribution in [2.75, 3.05) is 14.2 Å². The number of carbonyl (C=O) groups excluding carboxylic acids is 2. The molecule has 1 N–H and O–H groups in total. The molecule has 0 unspecified atom stereocenters. The predicted molar refractivity (Wildman–Crippen MR) is 88.4 cm³/mol. The van der Waals surface area contributed by atoms with Crippen molar-refractivity contribution in [1.82, 2.24) is 5.32 Å². The van der Waals surface area contributed by atoms with E-state index in [0.29, 0.717) is 0 Å². The average molecular weight is 347 g/mol. The van der Waals surface area contributed by atoms with Crippen LogP contribution in [0.25, 0.3) is 0 Å². The zero-order valence-electron chi connectivity index (χ0n) is 15.2. The molecule has 0 bridgehead atoms. The van der Waals surface area contributed by atoms with Crippen LogP contribution in [0.3, 0.4) is 0 Å². The molecule has 0 spiro atoms. The lowest BCUT2D eigenvalue weighted by atomic mass is 9.79. The van der Waals surface area contributed by atoms with Crippen molar-refractivity contribution in [1.29, 1.82) is 0 Å². The van der Waals surface area contributed by atoms with Gasteiger partial charge in [-0.1, -0.05) is 18.2 Å². The summed E-state index contributed by atoms with van der Waals surface area (Å²) in [6.45, 7) is 3.06. The Labute approximate surface area is 145 Å². The molecule has 0 saturated heterocycles. The molecule has 1 aromatic rings. The van der Waals surface area contributed by atoms with Crippen LogP contribution in [0.2, 0.25) is 0 Å². The van der Waals surface area contributed by atoms with Crippen LogP contribution >= 0.6 is 0 Å². The number of hydrogen-bond acceptors (Lipinski definition) is 7. The Hall–Kier alpha value is -3.16. The second-order valence-electron chi connectivity index (χ2n) is 5.26. The Morgan fingerprint density at radius 2 is 1.60 bits per heavy atom. The smallest absolute Gasteiger partial charge is 0.336 e. The number of benzene rings is 1. The lowest BCUT2D eigenvalue weighted by Gasteiger charge is -2.29. The highest BCUT2D eigenvalue weighted by Gasteiger charge is 2.40. The standard InChI is InChI=1S/C17H18N2O6/c1-9-13(16(20)24-3)15(14(10(2)18-9)17(21)25-4)11-7-5-6-8-12(11)19(22)23/h5-8,15,18H,1-4H3/i15D. The van der Waals surface area contributed by atoms with Gasteiger partial charge in [-0.3, -0.25) is 10.1 Å². The van der Waals surface area contributed by atoms with E-state index in [-0.39, 0.29) is 28.1 Å². The van der Waals surface area contributed by atoms with E-state index in [1.165, 1.54) is 38.1 Å². The lowest BCUT2D eigenvalue weighted by molar-refractivity contribution is -0.385. The highest BCUT2D eigenvalue weighted by molar-refractivity contribution is 6.00. The fourth-order valence-electron chi connectivity index (χ4n) is 2.73. The van der Waals surface area contributed by atoms with E-state index >= 15 is 0 Å². The number of nitrogens with one attached hydrogen (secondary N) is 1. The largest absolute Gasteiger partial charge is 0.466 e. The van der Waals surface area contributed by atoms with Crippen LogP contribution in [0.4, 0.5) is 5.69 Å². The van der Waals surface area contributed by atoms with Gasteiger partial charge in [0.25, 0.3) is 5.69 Å². The first-order chi connectivity index (χ1) is 12.2. The quantitative estimate of drug-likeness (QED) is 0.505. The van der Waals surface area contributed by atoms with Crippen LogP contribution in [0.1, 0.15) is 26.7 Å². The monoisotopic (exact) mass is 347 g/mol. The maximum absolute atomic E-state index is 12.4. The van der Waals surface area contributed by atoms with Crippen LogP contribution in [-0.4, -0.2) is 31.1 Å². The van der Waals surface area contributed by atoms with Gasteiger partial charge in [-0.2, -0.15) is 0 Å². The van der Waals surface area contributed by atoms with E-state index in [1.54, 1.807) is 0 Å². The third-order valence-electron chi connectivity index (χ3n) is 3.77. The van der Waals surface area contributed by atoms with Crippen molar-refractivity contribution < 1.29 is 25.4 Å². The fraction of sp³-hybridized carbons (Fsp3) is 0.294. The van der Waals surface area contributed by atoms with Crippen molar-refractivity contribution >= 4 is 17.6 Å². The molecule has 2 rings (SSSR count). The number of nitro benzene ring substituents is 1. The minimum absolute atomic E-state index is 0.133. The van der Waals surface area contributed by atoms with E-state index < -0.39 is 28.4 Å². The number of methoxy groups -OCH3 is 2. The number of nitro groups is 1. The van der Waals surface area contributed by atoms with E-state index in [0.717, 1.165) is 14.2 Å². The summed E-state index contributed by atoms with van der Waals surface area (Å²) in [5.74, 6) is -3.93. The molecule has 1 aliphatic heterocycles. The van der Waals surface area contributed by atoms with Crippen molar-refractivity contribution in [2.24, 2.45) is 0 Å². The highest BCUT2D eigenvalue weighted by Crippen LogP contribution is 2.42. The second kappa shape index (κ2) is 7.16. The third kappa shape index (κ3) is 3.23. The molecule has 8 heteroatoms. The van der Waals surface area contributed by atoms with Gasteiger partial charge in [0.15, 0.2) is 0 Å². The summed E-state index contributed by atoms with van der Waals surface area (Å²) in [6.07, 6.45) is 0. The molecule has 0 aliphatic carbocycles. The SMILES string of the molecule is [2H]C1(c2ccccc2[N+](=O)[O-])C(C(=O)OC)=C(C)NC(C)=C1C(=O)OC. The van der Waals surface area contributed by atoms with Crippen molar-refractivity contribution in [3.8, 4) is 0 Å². The van der Waals surface area contributed by atoms with Gasteiger partial charge in [-0.15, -0.1) is 0 Å². The van der Waals surface area contributed by atoms with Crippen molar-refractivity contribution in [2.45, 2.75) is 19.7 Å². The van der Waals surface area contributed by atoms with E-state index in [1.807, 2.05) is 0 Å². The van der Waals surface area contributed by atoms with Crippen LogP contribution < -0.4 is 5.32 Å². The number of carbonyl (C=O) groups is 2. The molecule has 0 atom stereocenters. The molecule has 8 nitrogen and oxygen atoms in total. The summed E-state index contributed by atoms with van der Waals surface area (Å²) < 4.78 is 18.6. The van der Waals surface area contributed by atoms with Gasteiger partial charge < -0.3 is 14.8 Å². The van der Waals surface area contributed by atoms with Gasteiger partial charge in [0.05, 0.1) is 36.2 Å². The molecule has 1 aliphatic rings. The molecule has 1 heterocycles. The average Bonchev–Trinajstić information content (AvgIpc) is 2.60. The molecule has 1 aromatic carbocycles. The number of rotatable bonds is 4. The van der Waals surface area contributed by atoms with Crippen LogP contribution in [0.5, 0.6) is 0 Å². The third-order valence-corrected chi connectivity index (χ3v) is 3.77. The number of dihydropyridines is 1. The molecule has 0 fully saturated rings. The molecular weight excluding hydrogens is 328 g/mol. The van der Waals surface area contributed by atoms with Gasteiger partial charge in [-0.05, 0) is 13.8 Å². The predicted octanol–water partition coefficient (Wildman–Crippen LogP) is 2.18.